The Balaban J connectivity index is 2.19. The van der Waals surface area contributed by atoms with Gasteiger partial charge in [-0.15, -0.1) is 0 Å². The molecule has 110 valence electrons. The van der Waals surface area contributed by atoms with Crippen molar-refractivity contribution >= 4 is 35.0 Å². The van der Waals surface area contributed by atoms with E-state index >= 15 is 0 Å². The summed E-state index contributed by atoms with van der Waals surface area (Å²) in [7, 11) is 0. The Morgan fingerprint density at radius 3 is 2.57 bits per heavy atom. The summed E-state index contributed by atoms with van der Waals surface area (Å²) >= 11 is 5.75. The summed E-state index contributed by atoms with van der Waals surface area (Å²) in [5.74, 6) is -1.18. The topological polar surface area (TPSA) is 107 Å². The maximum absolute atomic E-state index is 12.0. The third-order valence-electron chi connectivity index (χ3n) is 2.83. The summed E-state index contributed by atoms with van der Waals surface area (Å²) in [6.45, 7) is 3.50. The van der Waals surface area contributed by atoms with Crippen LogP contribution in [-0.4, -0.2) is 27.3 Å². The van der Waals surface area contributed by atoms with Crippen molar-refractivity contribution in [2.75, 3.05) is 10.6 Å². The number of hydrogen-bond acceptors (Lipinski definition) is 3. The predicted octanol–water partition coefficient (Wildman–Crippen LogP) is 3.02. The smallest absolute Gasteiger partial charge is 0.337 e. The van der Waals surface area contributed by atoms with Gasteiger partial charge in [-0.2, -0.15) is 5.10 Å². The molecule has 0 atom stereocenters. The molecule has 1 heterocycles. The van der Waals surface area contributed by atoms with E-state index in [2.05, 4.69) is 20.8 Å². The van der Waals surface area contributed by atoms with E-state index in [0.717, 1.165) is 0 Å². The van der Waals surface area contributed by atoms with Gasteiger partial charge < -0.3 is 15.7 Å². The molecule has 0 saturated heterocycles. The maximum Gasteiger partial charge on any atom is 0.337 e. The average molecular weight is 309 g/mol. The number of H-pyrrole nitrogens is 1. The van der Waals surface area contributed by atoms with Crippen LogP contribution in [0.4, 0.5) is 16.2 Å². The summed E-state index contributed by atoms with van der Waals surface area (Å²) in [5.41, 5.74) is 1.97. The van der Waals surface area contributed by atoms with Crippen molar-refractivity contribution in [2.24, 2.45) is 0 Å². The number of aromatic amines is 1. The number of nitrogens with one attached hydrogen (secondary N) is 3. The number of halogens is 1. The highest BCUT2D eigenvalue weighted by Gasteiger charge is 2.15. The summed E-state index contributed by atoms with van der Waals surface area (Å²) in [6.07, 6.45) is 0. The SMILES string of the molecule is Cc1n[nH]c(C)c1NC(=O)Nc1ccc(Cl)cc1C(=O)O. The summed E-state index contributed by atoms with van der Waals surface area (Å²) in [5, 5.41) is 21.2. The Bertz CT molecular complexity index is 692. The number of carboxylic acids is 1. The molecule has 2 amide bonds. The number of carbonyl (C=O) groups excluding carboxylic acids is 1. The van der Waals surface area contributed by atoms with Crippen LogP contribution in [0.3, 0.4) is 0 Å². The number of nitrogens with zero attached hydrogens (tertiary/aromatic N) is 1. The van der Waals surface area contributed by atoms with E-state index in [9.17, 15) is 9.59 Å². The predicted molar refractivity (Wildman–Crippen MR) is 79.1 cm³/mol. The maximum atomic E-state index is 12.0. The normalized spacial score (nSPS) is 10.2. The van der Waals surface area contributed by atoms with Gasteiger partial charge in [0.1, 0.15) is 0 Å². The number of anilines is 2. The summed E-state index contributed by atoms with van der Waals surface area (Å²) < 4.78 is 0. The molecular formula is C13H13ClN4O3. The summed E-state index contributed by atoms with van der Waals surface area (Å²) in [4.78, 5) is 23.1. The molecular weight excluding hydrogens is 296 g/mol. The molecule has 8 heteroatoms. The van der Waals surface area contributed by atoms with Crippen molar-refractivity contribution in [3.63, 3.8) is 0 Å². The molecule has 0 aliphatic carbocycles. The number of urea groups is 1. The van der Waals surface area contributed by atoms with Crippen molar-refractivity contribution in [3.05, 3.63) is 40.2 Å². The molecule has 1 aromatic heterocycles. The van der Waals surface area contributed by atoms with E-state index < -0.39 is 12.0 Å². The monoisotopic (exact) mass is 308 g/mol. The first-order chi connectivity index (χ1) is 9.88. The zero-order valence-electron chi connectivity index (χ0n) is 11.3. The van der Waals surface area contributed by atoms with Crippen molar-refractivity contribution in [2.45, 2.75) is 13.8 Å². The van der Waals surface area contributed by atoms with Crippen LogP contribution in [0.1, 0.15) is 21.7 Å². The van der Waals surface area contributed by atoms with E-state index in [1.54, 1.807) is 13.8 Å². The van der Waals surface area contributed by atoms with Crippen LogP contribution in [0, 0.1) is 13.8 Å². The fraction of sp³-hybridized carbons (Fsp3) is 0.154. The van der Waals surface area contributed by atoms with Crippen LogP contribution in [0.25, 0.3) is 0 Å². The Kier molecular flexibility index (Phi) is 4.13. The van der Waals surface area contributed by atoms with Gasteiger partial charge in [0.2, 0.25) is 0 Å². The lowest BCUT2D eigenvalue weighted by molar-refractivity contribution is 0.0698. The number of hydrogen-bond donors (Lipinski definition) is 4. The lowest BCUT2D eigenvalue weighted by Gasteiger charge is -2.10. The lowest BCUT2D eigenvalue weighted by atomic mass is 10.2. The van der Waals surface area contributed by atoms with Crippen LogP contribution in [0.2, 0.25) is 5.02 Å². The van der Waals surface area contributed by atoms with Gasteiger partial charge in [0.15, 0.2) is 0 Å². The van der Waals surface area contributed by atoms with Crippen molar-refractivity contribution in [1.82, 2.24) is 10.2 Å². The molecule has 0 radical (unpaired) electrons. The highest BCUT2D eigenvalue weighted by molar-refractivity contribution is 6.31. The van der Waals surface area contributed by atoms with Crippen molar-refractivity contribution in [1.29, 1.82) is 0 Å². The Morgan fingerprint density at radius 1 is 1.29 bits per heavy atom. The highest BCUT2D eigenvalue weighted by Crippen LogP contribution is 2.22. The van der Waals surface area contributed by atoms with Crippen molar-refractivity contribution in [3.8, 4) is 0 Å². The summed E-state index contributed by atoms with van der Waals surface area (Å²) in [6, 6.07) is 3.64. The van der Waals surface area contributed by atoms with Gasteiger partial charge in [-0.25, -0.2) is 9.59 Å². The number of rotatable bonds is 3. The first-order valence-corrected chi connectivity index (χ1v) is 6.38. The van der Waals surface area contributed by atoms with Gasteiger partial charge >= 0.3 is 12.0 Å². The van der Waals surface area contributed by atoms with Gasteiger partial charge in [0, 0.05) is 5.02 Å². The molecule has 1 aromatic carbocycles. The molecule has 4 N–H and O–H groups in total. The Labute approximate surface area is 125 Å². The van der Waals surface area contributed by atoms with E-state index in [-0.39, 0.29) is 16.3 Å². The lowest BCUT2D eigenvalue weighted by Crippen LogP contribution is -2.21. The molecule has 0 spiro atoms. The van der Waals surface area contributed by atoms with Crippen LogP contribution in [-0.2, 0) is 0 Å². The van der Waals surface area contributed by atoms with Gasteiger partial charge in [-0.1, -0.05) is 11.6 Å². The Morgan fingerprint density at radius 2 is 2.00 bits per heavy atom. The molecule has 0 aliphatic rings. The minimum Gasteiger partial charge on any atom is -0.478 e. The van der Waals surface area contributed by atoms with Gasteiger partial charge in [-0.05, 0) is 32.0 Å². The van der Waals surface area contributed by atoms with E-state index in [1.165, 1.54) is 18.2 Å². The standard InChI is InChI=1S/C13H13ClN4O3/c1-6-11(7(2)18-17-6)16-13(21)15-10-4-3-8(14)5-9(10)12(19)20/h3-5H,1-2H3,(H,17,18)(H,19,20)(H2,15,16,21). The van der Waals surface area contributed by atoms with Crippen LogP contribution < -0.4 is 10.6 Å². The van der Waals surface area contributed by atoms with Gasteiger partial charge in [-0.3, -0.25) is 5.10 Å². The number of benzene rings is 1. The quantitative estimate of drug-likeness (QED) is 0.699. The first-order valence-electron chi connectivity index (χ1n) is 6.01. The highest BCUT2D eigenvalue weighted by atomic mass is 35.5. The average Bonchev–Trinajstić information content (AvgIpc) is 2.72. The van der Waals surface area contributed by atoms with E-state index in [4.69, 9.17) is 16.7 Å². The molecule has 0 saturated carbocycles. The van der Waals surface area contributed by atoms with E-state index in [0.29, 0.717) is 17.1 Å². The number of aromatic nitrogens is 2. The zero-order valence-corrected chi connectivity index (χ0v) is 12.1. The molecule has 2 rings (SSSR count). The second-order valence-electron chi connectivity index (χ2n) is 4.38. The second-order valence-corrected chi connectivity index (χ2v) is 4.82. The number of carbonyl (C=O) groups is 2. The number of carboxylic acid groups (broad SMARTS) is 1. The van der Waals surface area contributed by atoms with E-state index in [1.807, 2.05) is 0 Å². The molecule has 0 aliphatic heterocycles. The van der Waals surface area contributed by atoms with Gasteiger partial charge in [0.05, 0.1) is 28.3 Å². The second kappa shape index (κ2) is 5.84. The number of aromatic carboxylic acids is 1. The molecule has 0 unspecified atom stereocenters. The molecule has 7 nitrogen and oxygen atoms in total. The van der Waals surface area contributed by atoms with Crippen LogP contribution in [0.15, 0.2) is 18.2 Å². The number of amides is 2. The Hall–Kier alpha value is -2.54. The molecule has 0 bridgehead atoms. The van der Waals surface area contributed by atoms with Crippen LogP contribution >= 0.6 is 11.6 Å². The number of aryl methyl sites for hydroxylation is 2. The zero-order chi connectivity index (χ0) is 15.6. The van der Waals surface area contributed by atoms with Crippen LogP contribution in [0.5, 0.6) is 0 Å². The van der Waals surface area contributed by atoms with Gasteiger partial charge in [0.25, 0.3) is 0 Å². The molecule has 2 aromatic rings. The fourth-order valence-corrected chi connectivity index (χ4v) is 1.98. The third kappa shape index (κ3) is 3.32. The largest absolute Gasteiger partial charge is 0.478 e. The minimum absolute atomic E-state index is 0.0849. The third-order valence-corrected chi connectivity index (χ3v) is 3.06. The first kappa shape index (κ1) is 14.9. The van der Waals surface area contributed by atoms with Crippen molar-refractivity contribution < 1.29 is 14.7 Å². The molecule has 21 heavy (non-hydrogen) atoms. The molecule has 0 fully saturated rings. The fourth-order valence-electron chi connectivity index (χ4n) is 1.80. The minimum atomic E-state index is -1.18.